The lowest BCUT2D eigenvalue weighted by Gasteiger charge is -2.08. The maximum absolute atomic E-state index is 12.0. The van der Waals surface area contributed by atoms with E-state index in [4.69, 9.17) is 11.6 Å². The smallest absolute Gasteiger partial charge is 0.220 e. The number of benzene rings is 2. The minimum atomic E-state index is 0.0502. The summed E-state index contributed by atoms with van der Waals surface area (Å²) >= 11 is 6.12. The van der Waals surface area contributed by atoms with Gasteiger partial charge in [0.2, 0.25) is 5.91 Å². The Hall–Kier alpha value is -2.59. The molecule has 1 heterocycles. The van der Waals surface area contributed by atoms with E-state index in [-0.39, 0.29) is 5.91 Å². The highest BCUT2D eigenvalue weighted by Gasteiger charge is 2.06. The first-order valence-electron chi connectivity index (χ1n) is 9.15. The molecule has 0 aliphatic rings. The van der Waals surface area contributed by atoms with E-state index in [0.29, 0.717) is 24.4 Å². The Morgan fingerprint density at radius 2 is 1.81 bits per heavy atom. The van der Waals surface area contributed by atoms with Crippen LogP contribution in [-0.4, -0.2) is 22.2 Å². The third-order valence-electron chi connectivity index (χ3n) is 4.51. The fourth-order valence-electron chi connectivity index (χ4n) is 3.08. The topological polar surface area (TPSA) is 46.9 Å². The normalized spacial score (nSPS) is 10.8. The molecule has 4 nitrogen and oxygen atoms in total. The van der Waals surface area contributed by atoms with Gasteiger partial charge in [0.25, 0.3) is 0 Å². The Morgan fingerprint density at radius 3 is 2.48 bits per heavy atom. The summed E-state index contributed by atoms with van der Waals surface area (Å²) in [6, 6.07) is 18.0. The van der Waals surface area contributed by atoms with Crippen molar-refractivity contribution < 1.29 is 4.79 Å². The van der Waals surface area contributed by atoms with E-state index in [1.807, 2.05) is 42.8 Å². The summed E-state index contributed by atoms with van der Waals surface area (Å²) in [6.07, 6.45) is 1.90. The molecule has 0 unspecified atom stereocenters. The average molecular weight is 382 g/mol. The van der Waals surface area contributed by atoms with E-state index in [9.17, 15) is 4.79 Å². The number of hydrogen-bond donors (Lipinski definition) is 1. The van der Waals surface area contributed by atoms with Gasteiger partial charge >= 0.3 is 0 Å². The third kappa shape index (κ3) is 5.20. The molecule has 2 aromatic carbocycles. The van der Waals surface area contributed by atoms with Gasteiger partial charge in [0.1, 0.15) is 0 Å². The number of halogens is 1. The molecule has 0 aliphatic carbocycles. The van der Waals surface area contributed by atoms with Crippen molar-refractivity contribution in [1.29, 1.82) is 0 Å². The molecule has 0 radical (unpaired) electrons. The Morgan fingerprint density at radius 1 is 1.07 bits per heavy atom. The molecule has 1 N–H and O–H groups in total. The molecule has 0 atom stereocenters. The molecule has 0 fully saturated rings. The number of aromatic nitrogens is 2. The maximum Gasteiger partial charge on any atom is 0.220 e. The van der Waals surface area contributed by atoms with Crippen molar-refractivity contribution in [3.63, 3.8) is 0 Å². The average Bonchev–Trinajstić information content (AvgIpc) is 3.00. The largest absolute Gasteiger partial charge is 0.356 e. The van der Waals surface area contributed by atoms with Crippen LogP contribution in [0.3, 0.4) is 0 Å². The van der Waals surface area contributed by atoms with Gasteiger partial charge in [0.15, 0.2) is 0 Å². The highest BCUT2D eigenvalue weighted by molar-refractivity contribution is 6.31. The molecule has 0 saturated carbocycles. The number of carbonyl (C=O) groups is 1. The Labute approximate surface area is 165 Å². The lowest BCUT2D eigenvalue weighted by atomic mass is 10.1. The second kappa shape index (κ2) is 8.87. The van der Waals surface area contributed by atoms with Gasteiger partial charge in [0, 0.05) is 23.7 Å². The van der Waals surface area contributed by atoms with Gasteiger partial charge in [-0.3, -0.25) is 4.79 Å². The minimum absolute atomic E-state index is 0.0502. The second-order valence-electron chi connectivity index (χ2n) is 6.70. The van der Waals surface area contributed by atoms with Crippen LogP contribution in [0.4, 0.5) is 0 Å². The van der Waals surface area contributed by atoms with Crippen LogP contribution in [0.5, 0.6) is 0 Å². The van der Waals surface area contributed by atoms with Gasteiger partial charge < -0.3 is 5.32 Å². The van der Waals surface area contributed by atoms with Crippen molar-refractivity contribution in [2.45, 2.75) is 33.1 Å². The van der Waals surface area contributed by atoms with E-state index in [1.54, 1.807) is 0 Å². The van der Waals surface area contributed by atoms with Crippen LogP contribution in [0.25, 0.3) is 5.69 Å². The van der Waals surface area contributed by atoms with Gasteiger partial charge in [-0.1, -0.05) is 41.9 Å². The maximum atomic E-state index is 12.0. The number of carbonyl (C=O) groups excluding carboxylic acids is 1. The van der Waals surface area contributed by atoms with Crippen LogP contribution in [0.1, 0.15) is 28.9 Å². The quantitative estimate of drug-likeness (QED) is 0.657. The molecular weight excluding hydrogens is 358 g/mol. The summed E-state index contributed by atoms with van der Waals surface area (Å²) in [4.78, 5) is 12.0. The lowest BCUT2D eigenvalue weighted by Crippen LogP contribution is -2.25. The van der Waals surface area contributed by atoms with Crippen molar-refractivity contribution in [3.05, 3.63) is 82.1 Å². The van der Waals surface area contributed by atoms with E-state index in [2.05, 4.69) is 40.7 Å². The molecular formula is C22H24ClN3O. The standard InChI is InChI=1S/C22H24ClN3O/c1-16-15-17(2)26(25-16)20-10-7-18(8-11-20)13-14-24-22(27)12-9-19-5-3-4-6-21(19)23/h3-8,10-11,15H,9,12-14H2,1-2H3,(H,24,27). The zero-order chi connectivity index (χ0) is 19.2. The van der Waals surface area contributed by atoms with Crippen LogP contribution in [0.2, 0.25) is 5.02 Å². The van der Waals surface area contributed by atoms with E-state index in [1.165, 1.54) is 5.56 Å². The van der Waals surface area contributed by atoms with Crippen molar-refractivity contribution >= 4 is 17.5 Å². The molecule has 0 spiro atoms. The summed E-state index contributed by atoms with van der Waals surface area (Å²) in [6.45, 7) is 4.67. The van der Waals surface area contributed by atoms with Crippen LogP contribution >= 0.6 is 11.6 Å². The van der Waals surface area contributed by atoms with Gasteiger partial charge in [-0.2, -0.15) is 5.10 Å². The fourth-order valence-corrected chi connectivity index (χ4v) is 3.31. The number of rotatable bonds is 7. The summed E-state index contributed by atoms with van der Waals surface area (Å²) in [7, 11) is 0. The molecule has 27 heavy (non-hydrogen) atoms. The zero-order valence-electron chi connectivity index (χ0n) is 15.7. The first kappa shape index (κ1) is 19.2. The van der Waals surface area contributed by atoms with Crippen molar-refractivity contribution in [3.8, 4) is 5.69 Å². The Balaban J connectivity index is 1.45. The lowest BCUT2D eigenvalue weighted by molar-refractivity contribution is -0.121. The monoisotopic (exact) mass is 381 g/mol. The number of nitrogens with one attached hydrogen (secondary N) is 1. The first-order valence-corrected chi connectivity index (χ1v) is 9.53. The highest BCUT2D eigenvalue weighted by atomic mass is 35.5. The predicted octanol–water partition coefficient (Wildman–Crippen LogP) is 4.43. The molecule has 140 valence electrons. The van der Waals surface area contributed by atoms with E-state index in [0.717, 1.165) is 29.1 Å². The number of hydrogen-bond acceptors (Lipinski definition) is 2. The van der Waals surface area contributed by atoms with Crippen LogP contribution < -0.4 is 5.32 Å². The molecule has 0 aliphatic heterocycles. The summed E-state index contributed by atoms with van der Waals surface area (Å²) in [5, 5.41) is 8.19. The second-order valence-corrected chi connectivity index (χ2v) is 7.10. The summed E-state index contributed by atoms with van der Waals surface area (Å²) < 4.78 is 1.94. The van der Waals surface area contributed by atoms with Crippen molar-refractivity contribution in [1.82, 2.24) is 15.1 Å². The molecule has 1 aromatic heterocycles. The van der Waals surface area contributed by atoms with Gasteiger partial charge in [-0.15, -0.1) is 0 Å². The molecule has 1 amide bonds. The van der Waals surface area contributed by atoms with Gasteiger partial charge in [-0.25, -0.2) is 4.68 Å². The first-order chi connectivity index (χ1) is 13.0. The predicted molar refractivity (Wildman–Crippen MR) is 110 cm³/mol. The van der Waals surface area contributed by atoms with E-state index < -0.39 is 0 Å². The SMILES string of the molecule is Cc1cc(C)n(-c2ccc(CCNC(=O)CCc3ccccc3Cl)cc2)n1. The molecule has 0 saturated heterocycles. The van der Waals surface area contributed by atoms with Crippen LogP contribution in [0, 0.1) is 13.8 Å². The Kier molecular flexibility index (Phi) is 6.30. The molecule has 0 bridgehead atoms. The number of aryl methyl sites for hydroxylation is 3. The summed E-state index contributed by atoms with van der Waals surface area (Å²) in [5.74, 6) is 0.0502. The fraction of sp³-hybridized carbons (Fsp3) is 0.273. The third-order valence-corrected chi connectivity index (χ3v) is 4.87. The zero-order valence-corrected chi connectivity index (χ0v) is 16.5. The van der Waals surface area contributed by atoms with E-state index >= 15 is 0 Å². The number of nitrogens with zero attached hydrogens (tertiary/aromatic N) is 2. The van der Waals surface area contributed by atoms with Crippen molar-refractivity contribution in [2.75, 3.05) is 6.54 Å². The van der Waals surface area contributed by atoms with Gasteiger partial charge in [-0.05, 0) is 62.1 Å². The molecule has 5 heteroatoms. The van der Waals surface area contributed by atoms with Crippen molar-refractivity contribution in [2.24, 2.45) is 0 Å². The minimum Gasteiger partial charge on any atom is -0.356 e. The summed E-state index contributed by atoms with van der Waals surface area (Å²) in [5.41, 5.74) is 5.37. The molecule has 3 aromatic rings. The number of amides is 1. The van der Waals surface area contributed by atoms with Gasteiger partial charge in [0.05, 0.1) is 11.4 Å². The molecule has 3 rings (SSSR count). The Bertz CT molecular complexity index is 916. The highest BCUT2D eigenvalue weighted by Crippen LogP contribution is 2.16. The van der Waals surface area contributed by atoms with Crippen LogP contribution in [-0.2, 0) is 17.6 Å². The van der Waals surface area contributed by atoms with Crippen LogP contribution in [0.15, 0.2) is 54.6 Å².